The summed E-state index contributed by atoms with van der Waals surface area (Å²) in [6.07, 6.45) is 2.74. The van der Waals surface area contributed by atoms with Crippen LogP contribution in [0.2, 0.25) is 0 Å². The predicted octanol–water partition coefficient (Wildman–Crippen LogP) is 3.92. The normalized spacial score (nSPS) is 21.2. The first-order valence-electron chi connectivity index (χ1n) is 8.41. The number of fused-ring (bicyclic) bond motifs is 3. The molecule has 2 aliphatic rings. The summed E-state index contributed by atoms with van der Waals surface area (Å²) in [5, 5.41) is 19.6. The maximum Gasteiger partial charge on any atom is 0.129 e. The molecule has 0 spiro atoms. The van der Waals surface area contributed by atoms with Gasteiger partial charge in [0.05, 0.1) is 6.61 Å². The highest BCUT2D eigenvalue weighted by atomic mass is 16.5. The maximum atomic E-state index is 10.1. The Morgan fingerprint density at radius 2 is 1.96 bits per heavy atom. The Hall–Kier alpha value is -2.36. The third kappa shape index (κ3) is 2.56. The van der Waals surface area contributed by atoms with Gasteiger partial charge in [0.15, 0.2) is 0 Å². The second kappa shape index (κ2) is 5.33. The largest absolute Gasteiger partial charge is 0.508 e. The van der Waals surface area contributed by atoms with Crippen LogP contribution < -0.4 is 9.47 Å². The van der Waals surface area contributed by atoms with E-state index in [0.29, 0.717) is 6.61 Å². The van der Waals surface area contributed by atoms with Gasteiger partial charge in [0.25, 0.3) is 0 Å². The highest BCUT2D eigenvalue weighted by Gasteiger charge is 2.32. The van der Waals surface area contributed by atoms with E-state index in [9.17, 15) is 10.2 Å². The summed E-state index contributed by atoms with van der Waals surface area (Å²) in [6, 6.07) is 8.87. The molecular weight excluding hydrogens is 304 g/mol. The van der Waals surface area contributed by atoms with E-state index in [-0.39, 0.29) is 23.0 Å². The topological polar surface area (TPSA) is 58.9 Å². The predicted molar refractivity (Wildman–Crippen MR) is 91.2 cm³/mol. The Balaban J connectivity index is 1.65. The summed E-state index contributed by atoms with van der Waals surface area (Å²) in [7, 11) is 0. The third-order valence-electron chi connectivity index (χ3n) is 5.01. The van der Waals surface area contributed by atoms with E-state index in [4.69, 9.17) is 9.47 Å². The van der Waals surface area contributed by atoms with Gasteiger partial charge < -0.3 is 19.7 Å². The summed E-state index contributed by atoms with van der Waals surface area (Å²) in [4.78, 5) is 0. The Labute approximate surface area is 141 Å². The van der Waals surface area contributed by atoms with Gasteiger partial charge in [0.1, 0.15) is 28.6 Å². The fourth-order valence-electron chi connectivity index (χ4n) is 3.69. The summed E-state index contributed by atoms with van der Waals surface area (Å²) >= 11 is 0. The van der Waals surface area contributed by atoms with E-state index in [2.05, 4.69) is 19.9 Å². The molecule has 2 aromatic rings. The maximum absolute atomic E-state index is 10.1. The molecule has 0 aliphatic carbocycles. The van der Waals surface area contributed by atoms with Gasteiger partial charge in [-0.1, -0.05) is 12.1 Å². The lowest BCUT2D eigenvalue weighted by Crippen LogP contribution is -2.33. The van der Waals surface area contributed by atoms with Crippen molar-refractivity contribution in [1.29, 1.82) is 0 Å². The molecule has 0 aromatic heterocycles. The Morgan fingerprint density at radius 1 is 1.12 bits per heavy atom. The molecule has 0 saturated heterocycles. The molecule has 4 heteroatoms. The molecule has 2 heterocycles. The molecule has 24 heavy (non-hydrogen) atoms. The van der Waals surface area contributed by atoms with Crippen LogP contribution in [-0.2, 0) is 12.8 Å². The van der Waals surface area contributed by atoms with Crippen molar-refractivity contribution in [3.05, 3.63) is 47.0 Å². The second-order valence-corrected chi connectivity index (χ2v) is 7.35. The van der Waals surface area contributed by atoms with Crippen molar-refractivity contribution in [1.82, 2.24) is 0 Å². The van der Waals surface area contributed by atoms with Crippen molar-refractivity contribution in [3.8, 4) is 23.0 Å². The number of hydrogen-bond donors (Lipinski definition) is 2. The number of hydrogen-bond acceptors (Lipinski definition) is 4. The smallest absolute Gasteiger partial charge is 0.129 e. The molecule has 1 atom stereocenters. The van der Waals surface area contributed by atoms with E-state index >= 15 is 0 Å². The van der Waals surface area contributed by atoms with E-state index in [1.54, 1.807) is 12.1 Å². The molecule has 4 rings (SSSR count). The van der Waals surface area contributed by atoms with Gasteiger partial charge in [-0.2, -0.15) is 0 Å². The molecule has 126 valence electrons. The zero-order chi connectivity index (χ0) is 16.9. The minimum atomic E-state index is -0.129. The fraction of sp³-hybridized carbons (Fsp3) is 0.400. The number of aromatic hydroxyl groups is 2. The van der Waals surface area contributed by atoms with Gasteiger partial charge in [-0.25, -0.2) is 0 Å². The van der Waals surface area contributed by atoms with Crippen molar-refractivity contribution in [3.63, 3.8) is 0 Å². The zero-order valence-electron chi connectivity index (χ0n) is 14.0. The van der Waals surface area contributed by atoms with Crippen LogP contribution in [0.25, 0.3) is 0 Å². The van der Waals surface area contributed by atoms with Crippen LogP contribution >= 0.6 is 0 Å². The van der Waals surface area contributed by atoms with E-state index in [1.165, 1.54) is 11.6 Å². The monoisotopic (exact) mass is 326 g/mol. The van der Waals surface area contributed by atoms with Crippen molar-refractivity contribution < 1.29 is 19.7 Å². The molecule has 2 aromatic carbocycles. The first-order chi connectivity index (χ1) is 11.4. The molecule has 2 aliphatic heterocycles. The quantitative estimate of drug-likeness (QED) is 0.834. The molecule has 4 nitrogen and oxygen atoms in total. The van der Waals surface area contributed by atoms with Crippen molar-refractivity contribution in [2.24, 2.45) is 0 Å². The highest BCUT2D eigenvalue weighted by molar-refractivity contribution is 5.54. The van der Waals surface area contributed by atoms with Gasteiger partial charge in [-0.15, -0.1) is 0 Å². The number of phenolic OH excluding ortho intramolecular Hbond substituents is 2. The Kier molecular flexibility index (Phi) is 3.37. The van der Waals surface area contributed by atoms with Gasteiger partial charge in [0, 0.05) is 23.1 Å². The standard InChI is InChI=1S/C20H22O4/c1-20(2)8-7-16-18(24-20)6-3-12-9-13(11-23-19(12)16)15-5-4-14(21)10-17(15)22/h3-6,10,13,21-22H,7-9,11H2,1-2H3/t13-/m0/s1. The minimum absolute atomic E-state index is 0.0715. The van der Waals surface area contributed by atoms with Crippen molar-refractivity contribution in [2.45, 2.75) is 44.6 Å². The first kappa shape index (κ1) is 15.2. The SMILES string of the molecule is CC1(C)CCc2c(ccc3c2OC[C@@H](c2ccc(O)cc2O)C3)O1. The lowest BCUT2D eigenvalue weighted by molar-refractivity contribution is 0.0826. The van der Waals surface area contributed by atoms with Crippen LogP contribution in [-0.4, -0.2) is 22.4 Å². The molecule has 0 saturated carbocycles. The summed E-state index contributed by atoms with van der Waals surface area (Å²) < 4.78 is 12.2. The van der Waals surface area contributed by atoms with Crippen LogP contribution in [0.5, 0.6) is 23.0 Å². The number of benzene rings is 2. The van der Waals surface area contributed by atoms with Crippen LogP contribution in [0.3, 0.4) is 0 Å². The first-order valence-corrected chi connectivity index (χ1v) is 8.41. The Bertz CT molecular complexity index is 794. The molecule has 0 unspecified atom stereocenters. The minimum Gasteiger partial charge on any atom is -0.508 e. The summed E-state index contributed by atoms with van der Waals surface area (Å²) in [5.74, 6) is 2.16. The van der Waals surface area contributed by atoms with Crippen molar-refractivity contribution in [2.75, 3.05) is 6.61 Å². The molecule has 0 amide bonds. The number of phenols is 2. The summed E-state index contributed by atoms with van der Waals surface area (Å²) in [6.45, 7) is 4.74. The van der Waals surface area contributed by atoms with Gasteiger partial charge in [-0.3, -0.25) is 0 Å². The third-order valence-corrected chi connectivity index (χ3v) is 5.01. The van der Waals surface area contributed by atoms with Crippen LogP contribution in [0.15, 0.2) is 30.3 Å². The second-order valence-electron chi connectivity index (χ2n) is 7.35. The lowest BCUT2D eigenvalue weighted by atomic mass is 9.86. The fourth-order valence-corrected chi connectivity index (χ4v) is 3.69. The van der Waals surface area contributed by atoms with E-state index in [1.807, 2.05) is 6.07 Å². The molecule has 2 N–H and O–H groups in total. The van der Waals surface area contributed by atoms with E-state index < -0.39 is 0 Å². The van der Waals surface area contributed by atoms with Crippen LogP contribution in [0.4, 0.5) is 0 Å². The molecular formula is C20H22O4. The average molecular weight is 326 g/mol. The van der Waals surface area contributed by atoms with E-state index in [0.717, 1.165) is 41.9 Å². The highest BCUT2D eigenvalue weighted by Crippen LogP contribution is 2.44. The average Bonchev–Trinajstić information content (AvgIpc) is 2.53. The lowest BCUT2D eigenvalue weighted by Gasteiger charge is -2.35. The number of rotatable bonds is 1. The molecule has 0 radical (unpaired) electrons. The van der Waals surface area contributed by atoms with Crippen LogP contribution in [0.1, 0.15) is 42.9 Å². The van der Waals surface area contributed by atoms with Crippen molar-refractivity contribution >= 4 is 0 Å². The van der Waals surface area contributed by atoms with Gasteiger partial charge >= 0.3 is 0 Å². The van der Waals surface area contributed by atoms with Gasteiger partial charge in [0.2, 0.25) is 0 Å². The van der Waals surface area contributed by atoms with Crippen LogP contribution in [0, 0.1) is 0 Å². The van der Waals surface area contributed by atoms with Gasteiger partial charge in [-0.05, 0) is 50.8 Å². The molecule has 0 bridgehead atoms. The Morgan fingerprint density at radius 3 is 2.75 bits per heavy atom. The molecule has 0 fully saturated rings. The number of ether oxygens (including phenoxy) is 2. The zero-order valence-corrected chi connectivity index (χ0v) is 14.0. The summed E-state index contributed by atoms with van der Waals surface area (Å²) in [5.41, 5.74) is 3.01.